The number of fused-ring (bicyclic) bond motifs is 3. The maximum Gasteiger partial charge on any atom is 0.136 e. The average Bonchev–Trinajstić information content (AvgIpc) is 2.89. The first-order valence-electron chi connectivity index (χ1n) is 8.04. The third kappa shape index (κ3) is 2.24. The number of aryl methyl sites for hydroxylation is 3. The molecule has 0 fully saturated rings. The van der Waals surface area contributed by atoms with Crippen LogP contribution in [0.1, 0.15) is 22.3 Å². The van der Waals surface area contributed by atoms with Crippen LogP contribution in [0.4, 0.5) is 0 Å². The lowest BCUT2D eigenvalue weighted by Crippen LogP contribution is -1.88. The molecule has 0 aliphatic heterocycles. The smallest absolute Gasteiger partial charge is 0.136 e. The lowest BCUT2D eigenvalue weighted by molar-refractivity contribution is 0.669. The summed E-state index contributed by atoms with van der Waals surface area (Å²) in [6.07, 6.45) is 0. The van der Waals surface area contributed by atoms with E-state index in [-0.39, 0.29) is 0 Å². The van der Waals surface area contributed by atoms with Gasteiger partial charge in [-0.3, -0.25) is 0 Å². The standard InChI is InChI=1S/C22H20O/c1-13-5-8-21-20(9-13)19-7-6-17(12-22(19)23-21)18-10-14(2)16(4)15(3)11-18/h5-12H,1-4H3. The van der Waals surface area contributed by atoms with Crippen LogP contribution < -0.4 is 0 Å². The molecule has 0 N–H and O–H groups in total. The van der Waals surface area contributed by atoms with Crippen LogP contribution in [0, 0.1) is 27.7 Å². The van der Waals surface area contributed by atoms with Gasteiger partial charge in [-0.2, -0.15) is 0 Å². The summed E-state index contributed by atoms with van der Waals surface area (Å²) < 4.78 is 6.05. The van der Waals surface area contributed by atoms with E-state index >= 15 is 0 Å². The summed E-state index contributed by atoms with van der Waals surface area (Å²) in [4.78, 5) is 0. The van der Waals surface area contributed by atoms with E-state index in [0.717, 1.165) is 11.2 Å². The SMILES string of the molecule is Cc1ccc2oc3cc(-c4cc(C)c(C)c(C)c4)ccc3c2c1. The van der Waals surface area contributed by atoms with E-state index in [2.05, 4.69) is 76.2 Å². The van der Waals surface area contributed by atoms with Gasteiger partial charge < -0.3 is 4.42 Å². The van der Waals surface area contributed by atoms with Gasteiger partial charge >= 0.3 is 0 Å². The first-order valence-corrected chi connectivity index (χ1v) is 8.04. The molecule has 1 heterocycles. The van der Waals surface area contributed by atoms with Gasteiger partial charge in [0.15, 0.2) is 0 Å². The summed E-state index contributed by atoms with van der Waals surface area (Å²) in [5.41, 5.74) is 9.67. The lowest BCUT2D eigenvalue weighted by Gasteiger charge is -2.09. The molecule has 114 valence electrons. The van der Waals surface area contributed by atoms with Crippen molar-refractivity contribution in [1.82, 2.24) is 0 Å². The predicted octanol–water partition coefficient (Wildman–Crippen LogP) is 6.49. The second kappa shape index (κ2) is 4.99. The normalized spacial score (nSPS) is 11.5. The minimum Gasteiger partial charge on any atom is -0.456 e. The van der Waals surface area contributed by atoms with E-state index in [1.54, 1.807) is 0 Å². The van der Waals surface area contributed by atoms with Crippen molar-refractivity contribution in [1.29, 1.82) is 0 Å². The van der Waals surface area contributed by atoms with Gasteiger partial charge in [0.1, 0.15) is 11.2 Å². The molecule has 0 unspecified atom stereocenters. The Morgan fingerprint density at radius 3 is 2.09 bits per heavy atom. The molecule has 4 rings (SSSR count). The molecule has 1 heteroatoms. The van der Waals surface area contributed by atoms with Crippen LogP contribution in [-0.2, 0) is 0 Å². The highest BCUT2D eigenvalue weighted by atomic mass is 16.3. The van der Waals surface area contributed by atoms with Gasteiger partial charge in [-0.1, -0.05) is 29.8 Å². The van der Waals surface area contributed by atoms with Crippen LogP contribution in [0.3, 0.4) is 0 Å². The van der Waals surface area contributed by atoms with Gasteiger partial charge in [-0.25, -0.2) is 0 Å². The Hall–Kier alpha value is -2.54. The molecule has 0 atom stereocenters. The van der Waals surface area contributed by atoms with Crippen LogP contribution in [0.15, 0.2) is 52.9 Å². The molecule has 0 amide bonds. The zero-order chi connectivity index (χ0) is 16.1. The topological polar surface area (TPSA) is 13.1 Å². The summed E-state index contributed by atoms with van der Waals surface area (Å²) in [5, 5.41) is 2.39. The quantitative estimate of drug-likeness (QED) is 0.392. The molecule has 0 aliphatic rings. The summed E-state index contributed by atoms with van der Waals surface area (Å²) in [7, 11) is 0. The third-order valence-electron chi connectivity index (χ3n) is 4.89. The minimum absolute atomic E-state index is 0.957. The van der Waals surface area contributed by atoms with E-state index in [4.69, 9.17) is 4.42 Å². The Morgan fingerprint density at radius 2 is 1.35 bits per heavy atom. The van der Waals surface area contributed by atoms with Crippen molar-refractivity contribution in [3.8, 4) is 11.1 Å². The zero-order valence-electron chi connectivity index (χ0n) is 14.0. The van der Waals surface area contributed by atoms with Crippen LogP contribution in [0.5, 0.6) is 0 Å². The molecular weight excluding hydrogens is 280 g/mol. The molecule has 0 aliphatic carbocycles. The molecule has 3 aromatic carbocycles. The Bertz CT molecular complexity index is 1030. The van der Waals surface area contributed by atoms with Crippen molar-refractivity contribution in [3.63, 3.8) is 0 Å². The highest BCUT2D eigenvalue weighted by molar-refractivity contribution is 6.06. The fourth-order valence-corrected chi connectivity index (χ4v) is 3.27. The van der Waals surface area contributed by atoms with Crippen molar-refractivity contribution < 1.29 is 4.42 Å². The van der Waals surface area contributed by atoms with Gasteiger partial charge in [0.25, 0.3) is 0 Å². The molecule has 0 bridgehead atoms. The minimum atomic E-state index is 0.957. The van der Waals surface area contributed by atoms with Crippen LogP contribution in [-0.4, -0.2) is 0 Å². The summed E-state index contributed by atoms with van der Waals surface area (Å²) in [6.45, 7) is 8.65. The van der Waals surface area contributed by atoms with Crippen molar-refractivity contribution in [3.05, 3.63) is 70.8 Å². The van der Waals surface area contributed by atoms with Crippen molar-refractivity contribution >= 4 is 21.9 Å². The number of benzene rings is 3. The molecule has 0 spiro atoms. The molecule has 0 saturated carbocycles. The molecule has 0 radical (unpaired) electrons. The van der Waals surface area contributed by atoms with Crippen molar-refractivity contribution in [2.24, 2.45) is 0 Å². The fraction of sp³-hybridized carbons (Fsp3) is 0.182. The monoisotopic (exact) mass is 300 g/mol. The number of furan rings is 1. The second-order valence-electron chi connectivity index (χ2n) is 6.55. The Morgan fingerprint density at radius 1 is 0.609 bits per heavy atom. The molecule has 1 nitrogen and oxygen atoms in total. The predicted molar refractivity (Wildman–Crippen MR) is 98.1 cm³/mol. The Kier molecular flexibility index (Phi) is 3.05. The van der Waals surface area contributed by atoms with E-state index in [1.807, 2.05) is 0 Å². The summed E-state index contributed by atoms with van der Waals surface area (Å²) in [5.74, 6) is 0. The van der Waals surface area contributed by atoms with Crippen LogP contribution >= 0.6 is 0 Å². The van der Waals surface area contributed by atoms with Crippen molar-refractivity contribution in [2.45, 2.75) is 27.7 Å². The van der Waals surface area contributed by atoms with Gasteiger partial charge in [0.2, 0.25) is 0 Å². The number of hydrogen-bond donors (Lipinski definition) is 0. The highest BCUT2D eigenvalue weighted by Crippen LogP contribution is 2.33. The second-order valence-corrected chi connectivity index (χ2v) is 6.55. The van der Waals surface area contributed by atoms with E-state index in [9.17, 15) is 0 Å². The van der Waals surface area contributed by atoms with E-state index in [1.165, 1.54) is 44.2 Å². The first-order chi connectivity index (χ1) is 11.0. The first kappa shape index (κ1) is 14.1. The summed E-state index contributed by atoms with van der Waals surface area (Å²) >= 11 is 0. The van der Waals surface area contributed by atoms with Gasteiger partial charge in [-0.15, -0.1) is 0 Å². The van der Waals surface area contributed by atoms with Gasteiger partial charge in [0.05, 0.1) is 0 Å². The maximum atomic E-state index is 6.05. The van der Waals surface area contributed by atoms with Gasteiger partial charge in [0, 0.05) is 10.8 Å². The number of rotatable bonds is 1. The molecule has 1 aromatic heterocycles. The fourth-order valence-electron chi connectivity index (χ4n) is 3.27. The largest absolute Gasteiger partial charge is 0.456 e. The molecule has 4 aromatic rings. The highest BCUT2D eigenvalue weighted by Gasteiger charge is 2.09. The van der Waals surface area contributed by atoms with E-state index in [0.29, 0.717) is 0 Å². The molecule has 23 heavy (non-hydrogen) atoms. The van der Waals surface area contributed by atoms with Gasteiger partial charge in [-0.05, 0) is 79.8 Å². The van der Waals surface area contributed by atoms with E-state index < -0.39 is 0 Å². The lowest BCUT2D eigenvalue weighted by atomic mass is 9.96. The molecular formula is C22H20O. The van der Waals surface area contributed by atoms with Crippen molar-refractivity contribution in [2.75, 3.05) is 0 Å². The summed E-state index contributed by atoms with van der Waals surface area (Å²) in [6, 6.07) is 17.4. The third-order valence-corrected chi connectivity index (χ3v) is 4.89. The average molecular weight is 300 g/mol. The van der Waals surface area contributed by atoms with Crippen LogP contribution in [0.25, 0.3) is 33.1 Å². The molecule has 0 saturated heterocycles. The Balaban J connectivity index is 1.94. The maximum absolute atomic E-state index is 6.05. The number of hydrogen-bond acceptors (Lipinski definition) is 1. The van der Waals surface area contributed by atoms with Crippen LogP contribution in [0.2, 0.25) is 0 Å². The zero-order valence-corrected chi connectivity index (χ0v) is 14.0. The Labute approximate surface area is 136 Å².